The summed E-state index contributed by atoms with van der Waals surface area (Å²) in [5.74, 6) is 0.783. The highest BCUT2D eigenvalue weighted by Gasteiger charge is 2.22. The van der Waals surface area contributed by atoms with E-state index >= 15 is 0 Å². The number of nitrogens with zero attached hydrogens (tertiary/aromatic N) is 1. The fourth-order valence-electron chi connectivity index (χ4n) is 3.10. The Morgan fingerprint density at radius 2 is 2.11 bits per heavy atom. The molecule has 98 valence electrons. The summed E-state index contributed by atoms with van der Waals surface area (Å²) in [6.45, 7) is 4.21. The summed E-state index contributed by atoms with van der Waals surface area (Å²) in [5.41, 5.74) is 9.64. The largest absolute Gasteiger partial charge is 0.399 e. The molecule has 1 aromatic carbocycles. The number of anilines is 2. The number of hydrogen-bond donors (Lipinski definition) is 1. The van der Waals surface area contributed by atoms with Crippen LogP contribution in [0.5, 0.6) is 0 Å². The third-order valence-corrected chi connectivity index (χ3v) is 4.14. The number of hydrogen-bond acceptors (Lipinski definition) is 3. The summed E-state index contributed by atoms with van der Waals surface area (Å²) >= 11 is 0. The van der Waals surface area contributed by atoms with Crippen molar-refractivity contribution in [2.24, 2.45) is 5.92 Å². The van der Waals surface area contributed by atoms with Crippen molar-refractivity contribution in [3.05, 3.63) is 23.8 Å². The lowest BCUT2D eigenvalue weighted by molar-refractivity contribution is 0.0681. The van der Waals surface area contributed by atoms with E-state index in [2.05, 4.69) is 17.0 Å². The molecule has 2 heterocycles. The zero-order valence-corrected chi connectivity index (χ0v) is 10.9. The van der Waals surface area contributed by atoms with Gasteiger partial charge in [0.15, 0.2) is 0 Å². The number of rotatable bonds is 2. The van der Waals surface area contributed by atoms with Gasteiger partial charge in [0, 0.05) is 37.7 Å². The molecule has 1 saturated heterocycles. The second-order valence-corrected chi connectivity index (χ2v) is 5.49. The molecule has 1 aromatic rings. The quantitative estimate of drug-likeness (QED) is 0.815. The Labute approximate surface area is 109 Å². The molecular formula is C15H22N2O. The van der Waals surface area contributed by atoms with Crippen molar-refractivity contribution >= 4 is 11.4 Å². The van der Waals surface area contributed by atoms with Crippen LogP contribution in [0, 0.1) is 5.92 Å². The molecule has 18 heavy (non-hydrogen) atoms. The van der Waals surface area contributed by atoms with Crippen LogP contribution in [0.2, 0.25) is 0 Å². The summed E-state index contributed by atoms with van der Waals surface area (Å²) < 4.78 is 5.44. The molecule has 0 aliphatic carbocycles. The molecule has 0 radical (unpaired) electrons. The minimum absolute atomic E-state index is 0.783. The molecule has 0 saturated carbocycles. The predicted octanol–water partition coefficient (Wildman–Crippen LogP) is 2.45. The van der Waals surface area contributed by atoms with Crippen molar-refractivity contribution in [2.45, 2.75) is 25.7 Å². The van der Waals surface area contributed by atoms with Gasteiger partial charge in [-0.15, -0.1) is 0 Å². The second kappa shape index (κ2) is 5.19. The van der Waals surface area contributed by atoms with Crippen molar-refractivity contribution in [1.29, 1.82) is 0 Å². The second-order valence-electron chi connectivity index (χ2n) is 5.49. The third kappa shape index (κ3) is 2.46. The van der Waals surface area contributed by atoms with Crippen LogP contribution in [0.25, 0.3) is 0 Å². The smallest absolute Gasteiger partial charge is 0.0469 e. The Kier molecular flexibility index (Phi) is 3.41. The zero-order valence-electron chi connectivity index (χ0n) is 10.9. The molecule has 0 unspecified atom stereocenters. The molecule has 0 atom stereocenters. The van der Waals surface area contributed by atoms with Crippen molar-refractivity contribution in [3.8, 4) is 0 Å². The van der Waals surface area contributed by atoms with E-state index in [9.17, 15) is 0 Å². The highest BCUT2D eigenvalue weighted by atomic mass is 16.5. The molecule has 0 amide bonds. The first kappa shape index (κ1) is 11.8. The Hall–Kier alpha value is -1.22. The van der Waals surface area contributed by atoms with Gasteiger partial charge in [0.05, 0.1) is 0 Å². The molecule has 2 aliphatic heterocycles. The molecule has 0 aromatic heterocycles. The van der Waals surface area contributed by atoms with Gasteiger partial charge in [-0.3, -0.25) is 0 Å². The van der Waals surface area contributed by atoms with Gasteiger partial charge in [0.1, 0.15) is 0 Å². The molecule has 2 aliphatic rings. The van der Waals surface area contributed by atoms with E-state index in [-0.39, 0.29) is 0 Å². The minimum Gasteiger partial charge on any atom is -0.399 e. The highest BCUT2D eigenvalue weighted by Crippen LogP contribution is 2.30. The van der Waals surface area contributed by atoms with Gasteiger partial charge in [-0.05, 0) is 49.3 Å². The number of aryl methyl sites for hydroxylation is 1. The summed E-state index contributed by atoms with van der Waals surface area (Å²) in [6, 6.07) is 6.37. The first-order valence-corrected chi connectivity index (χ1v) is 7.04. The van der Waals surface area contributed by atoms with Crippen LogP contribution in [0.15, 0.2) is 18.2 Å². The van der Waals surface area contributed by atoms with Gasteiger partial charge < -0.3 is 15.4 Å². The monoisotopic (exact) mass is 246 g/mol. The number of nitrogens with two attached hydrogens (primary N) is 1. The fourth-order valence-corrected chi connectivity index (χ4v) is 3.10. The lowest BCUT2D eigenvalue weighted by atomic mass is 9.96. The van der Waals surface area contributed by atoms with Crippen molar-refractivity contribution in [2.75, 3.05) is 36.9 Å². The van der Waals surface area contributed by atoms with Crippen LogP contribution in [0.1, 0.15) is 24.8 Å². The maximum Gasteiger partial charge on any atom is 0.0469 e. The first-order valence-electron chi connectivity index (χ1n) is 7.04. The Bertz CT molecular complexity index is 413. The average molecular weight is 246 g/mol. The highest BCUT2D eigenvalue weighted by molar-refractivity contribution is 5.62. The summed E-state index contributed by atoms with van der Waals surface area (Å²) in [6.07, 6.45) is 4.86. The molecule has 2 N–H and O–H groups in total. The van der Waals surface area contributed by atoms with Crippen LogP contribution in [0.3, 0.4) is 0 Å². The molecule has 0 bridgehead atoms. The summed E-state index contributed by atoms with van der Waals surface area (Å²) in [5, 5.41) is 0. The molecular weight excluding hydrogens is 224 g/mol. The van der Waals surface area contributed by atoms with E-state index in [1.54, 1.807) is 0 Å². The van der Waals surface area contributed by atoms with E-state index in [0.717, 1.165) is 24.8 Å². The number of ether oxygens (including phenoxy) is 1. The van der Waals surface area contributed by atoms with Gasteiger partial charge in [0.2, 0.25) is 0 Å². The van der Waals surface area contributed by atoms with Crippen LogP contribution >= 0.6 is 0 Å². The van der Waals surface area contributed by atoms with E-state index in [4.69, 9.17) is 10.5 Å². The normalized spacial score (nSPS) is 20.8. The number of benzene rings is 1. The van der Waals surface area contributed by atoms with Crippen molar-refractivity contribution < 1.29 is 4.74 Å². The van der Waals surface area contributed by atoms with Gasteiger partial charge in [-0.25, -0.2) is 0 Å². The van der Waals surface area contributed by atoms with E-state index in [0.29, 0.717) is 0 Å². The van der Waals surface area contributed by atoms with E-state index in [1.807, 2.05) is 6.07 Å². The average Bonchev–Trinajstić information content (AvgIpc) is 2.41. The van der Waals surface area contributed by atoms with Gasteiger partial charge >= 0.3 is 0 Å². The van der Waals surface area contributed by atoms with Gasteiger partial charge in [-0.1, -0.05) is 6.07 Å². The fraction of sp³-hybridized carbons (Fsp3) is 0.600. The third-order valence-electron chi connectivity index (χ3n) is 4.14. The van der Waals surface area contributed by atoms with Crippen molar-refractivity contribution in [3.63, 3.8) is 0 Å². The Morgan fingerprint density at radius 3 is 2.94 bits per heavy atom. The summed E-state index contributed by atoms with van der Waals surface area (Å²) in [7, 11) is 0. The van der Waals surface area contributed by atoms with Crippen LogP contribution in [0.4, 0.5) is 11.4 Å². The molecule has 0 spiro atoms. The minimum atomic E-state index is 0.783. The number of fused-ring (bicyclic) bond motifs is 1. The SMILES string of the molecule is Nc1ccc2c(c1)N(CC1CCOCC1)CCC2. The maximum absolute atomic E-state index is 5.93. The maximum atomic E-state index is 5.93. The van der Waals surface area contributed by atoms with Crippen molar-refractivity contribution in [1.82, 2.24) is 0 Å². The van der Waals surface area contributed by atoms with Gasteiger partial charge in [0.25, 0.3) is 0 Å². The number of nitrogen functional groups attached to an aromatic ring is 1. The molecule has 1 fully saturated rings. The van der Waals surface area contributed by atoms with E-state index < -0.39 is 0 Å². The van der Waals surface area contributed by atoms with Gasteiger partial charge in [-0.2, -0.15) is 0 Å². The first-order chi connectivity index (χ1) is 8.83. The predicted molar refractivity (Wildman–Crippen MR) is 74.9 cm³/mol. The van der Waals surface area contributed by atoms with E-state index in [1.165, 1.54) is 50.0 Å². The van der Waals surface area contributed by atoms with Crippen LogP contribution in [-0.2, 0) is 11.2 Å². The van der Waals surface area contributed by atoms with Crippen LogP contribution < -0.4 is 10.6 Å². The van der Waals surface area contributed by atoms with Crippen LogP contribution in [-0.4, -0.2) is 26.3 Å². The lowest BCUT2D eigenvalue weighted by Gasteiger charge is -2.35. The molecule has 3 rings (SSSR count). The lowest BCUT2D eigenvalue weighted by Crippen LogP contribution is -2.36. The Balaban J connectivity index is 1.75. The topological polar surface area (TPSA) is 38.5 Å². The standard InChI is InChI=1S/C15H22N2O/c16-14-4-3-13-2-1-7-17(15(13)10-14)11-12-5-8-18-9-6-12/h3-4,10,12H,1-2,5-9,11,16H2. The Morgan fingerprint density at radius 1 is 1.28 bits per heavy atom. The zero-order chi connectivity index (χ0) is 12.4. The molecule has 3 heteroatoms. The summed E-state index contributed by atoms with van der Waals surface area (Å²) in [4.78, 5) is 2.53. The molecule has 3 nitrogen and oxygen atoms in total.